The van der Waals surface area contributed by atoms with Crippen molar-refractivity contribution in [1.29, 1.82) is 0 Å². The van der Waals surface area contributed by atoms with Gasteiger partial charge >= 0.3 is 6.03 Å². The van der Waals surface area contributed by atoms with Crippen LogP contribution < -0.4 is 5.32 Å². The van der Waals surface area contributed by atoms with Crippen LogP contribution in [-0.4, -0.2) is 47.9 Å². The Bertz CT molecular complexity index is 814. The van der Waals surface area contributed by atoms with Crippen molar-refractivity contribution in [2.45, 2.75) is 25.7 Å². The molecule has 5 heteroatoms. The highest BCUT2D eigenvalue weighted by atomic mass is 16.2. The van der Waals surface area contributed by atoms with Gasteiger partial charge in [0.05, 0.1) is 5.92 Å². The largest absolute Gasteiger partial charge is 0.342 e. The maximum Gasteiger partial charge on any atom is 0.321 e. The third-order valence-electron chi connectivity index (χ3n) is 5.72. The summed E-state index contributed by atoms with van der Waals surface area (Å²) in [4.78, 5) is 29.1. The fourth-order valence-corrected chi connectivity index (χ4v) is 4.14. The monoisotopic (exact) mass is 377 g/mol. The number of nitrogens with one attached hydrogen (secondary N) is 1. The average Bonchev–Trinajstić information content (AvgIpc) is 3.29. The molecule has 2 saturated heterocycles. The standard InChI is InChI=1S/C23H27N3O2/c27-22(25-14-4-5-15-25)20-9-6-16-26(17-20)23(28)24-21-12-10-19(11-13-21)18-7-2-1-3-8-18/h1-3,7-8,10-13,20H,4-6,9,14-17H2,(H,24,28). The Morgan fingerprint density at radius 3 is 2.14 bits per heavy atom. The molecule has 1 N–H and O–H groups in total. The number of piperidine rings is 1. The van der Waals surface area contributed by atoms with Gasteiger partial charge in [0.25, 0.3) is 0 Å². The zero-order valence-corrected chi connectivity index (χ0v) is 16.1. The SMILES string of the molecule is O=C(Nc1ccc(-c2ccccc2)cc1)N1CCCC(C(=O)N2CCCC2)C1. The summed E-state index contributed by atoms with van der Waals surface area (Å²) in [6.45, 7) is 2.96. The lowest BCUT2D eigenvalue weighted by molar-refractivity contribution is -0.135. The topological polar surface area (TPSA) is 52.7 Å². The Morgan fingerprint density at radius 2 is 1.43 bits per heavy atom. The predicted octanol–water partition coefficient (Wildman–Crippen LogP) is 4.22. The van der Waals surface area contributed by atoms with Crippen LogP contribution in [0.5, 0.6) is 0 Å². The van der Waals surface area contributed by atoms with Crippen molar-refractivity contribution in [1.82, 2.24) is 9.80 Å². The first kappa shape index (κ1) is 18.5. The summed E-state index contributed by atoms with van der Waals surface area (Å²) in [5.74, 6) is 0.167. The molecule has 0 spiro atoms. The summed E-state index contributed by atoms with van der Waals surface area (Å²) in [5.41, 5.74) is 3.05. The molecule has 2 aromatic rings. The van der Waals surface area contributed by atoms with E-state index in [0.29, 0.717) is 13.1 Å². The van der Waals surface area contributed by atoms with E-state index in [4.69, 9.17) is 0 Å². The molecule has 2 fully saturated rings. The number of urea groups is 1. The van der Waals surface area contributed by atoms with Gasteiger partial charge < -0.3 is 15.1 Å². The molecule has 0 radical (unpaired) electrons. The molecule has 28 heavy (non-hydrogen) atoms. The highest BCUT2D eigenvalue weighted by Crippen LogP contribution is 2.24. The number of carbonyl (C=O) groups excluding carboxylic acids is 2. The highest BCUT2D eigenvalue weighted by Gasteiger charge is 2.32. The minimum atomic E-state index is -0.119. The Morgan fingerprint density at radius 1 is 0.786 bits per heavy atom. The number of carbonyl (C=O) groups is 2. The first-order chi connectivity index (χ1) is 13.7. The molecule has 146 valence electrons. The zero-order valence-electron chi connectivity index (χ0n) is 16.1. The van der Waals surface area contributed by atoms with Gasteiger partial charge in [-0.1, -0.05) is 42.5 Å². The van der Waals surface area contributed by atoms with Crippen LogP contribution in [0.2, 0.25) is 0 Å². The third kappa shape index (κ3) is 4.19. The molecule has 0 saturated carbocycles. The van der Waals surface area contributed by atoms with Gasteiger partial charge in [0, 0.05) is 31.9 Å². The third-order valence-corrected chi connectivity index (χ3v) is 5.72. The fraction of sp³-hybridized carbons (Fsp3) is 0.391. The van der Waals surface area contributed by atoms with E-state index < -0.39 is 0 Å². The second-order valence-electron chi connectivity index (χ2n) is 7.69. The van der Waals surface area contributed by atoms with Crippen LogP contribution in [0.1, 0.15) is 25.7 Å². The number of hydrogen-bond donors (Lipinski definition) is 1. The van der Waals surface area contributed by atoms with E-state index in [2.05, 4.69) is 17.4 Å². The first-order valence-electron chi connectivity index (χ1n) is 10.2. The molecular weight excluding hydrogens is 350 g/mol. The molecule has 1 atom stereocenters. The summed E-state index contributed by atoms with van der Waals surface area (Å²) in [6, 6.07) is 17.9. The number of rotatable bonds is 3. The van der Waals surface area contributed by atoms with E-state index in [1.165, 1.54) is 0 Å². The highest BCUT2D eigenvalue weighted by molar-refractivity contribution is 5.90. The number of anilines is 1. The molecule has 5 nitrogen and oxygen atoms in total. The first-order valence-corrected chi connectivity index (χ1v) is 10.2. The van der Waals surface area contributed by atoms with Crippen molar-refractivity contribution in [3.63, 3.8) is 0 Å². The van der Waals surface area contributed by atoms with Crippen molar-refractivity contribution in [3.05, 3.63) is 54.6 Å². The fourth-order valence-electron chi connectivity index (χ4n) is 4.14. The number of benzene rings is 2. The van der Waals surface area contributed by atoms with Crippen LogP contribution in [0.4, 0.5) is 10.5 Å². The Labute approximate surface area is 166 Å². The molecule has 3 amide bonds. The quantitative estimate of drug-likeness (QED) is 0.871. The van der Waals surface area contributed by atoms with Crippen molar-refractivity contribution in [2.75, 3.05) is 31.5 Å². The molecule has 0 aromatic heterocycles. The Balaban J connectivity index is 1.36. The second kappa shape index (κ2) is 8.46. The van der Waals surface area contributed by atoms with E-state index in [-0.39, 0.29) is 17.9 Å². The normalized spacial score (nSPS) is 19.5. The van der Waals surface area contributed by atoms with Crippen LogP contribution in [0.15, 0.2) is 54.6 Å². The van der Waals surface area contributed by atoms with Crippen molar-refractivity contribution < 1.29 is 9.59 Å². The smallest absolute Gasteiger partial charge is 0.321 e. The molecule has 2 aliphatic rings. The number of hydrogen-bond acceptors (Lipinski definition) is 2. The summed E-state index contributed by atoms with van der Waals surface area (Å²) in [7, 11) is 0. The zero-order chi connectivity index (χ0) is 19.3. The van der Waals surface area contributed by atoms with Crippen LogP contribution in [0.3, 0.4) is 0 Å². The minimum Gasteiger partial charge on any atom is -0.342 e. The van der Waals surface area contributed by atoms with E-state index >= 15 is 0 Å². The van der Waals surface area contributed by atoms with Gasteiger partial charge in [-0.2, -0.15) is 0 Å². The lowest BCUT2D eigenvalue weighted by atomic mass is 9.97. The lowest BCUT2D eigenvalue weighted by Gasteiger charge is -2.33. The van der Waals surface area contributed by atoms with Crippen LogP contribution >= 0.6 is 0 Å². The minimum absolute atomic E-state index is 0.0574. The van der Waals surface area contributed by atoms with Gasteiger partial charge in [0.15, 0.2) is 0 Å². The van der Waals surface area contributed by atoms with Gasteiger partial charge in [0.1, 0.15) is 0 Å². The maximum atomic E-state index is 12.7. The molecule has 0 bridgehead atoms. The molecule has 2 aromatic carbocycles. The summed E-state index contributed by atoms with van der Waals surface area (Å²) >= 11 is 0. The molecule has 1 unspecified atom stereocenters. The van der Waals surface area contributed by atoms with Crippen LogP contribution in [0.25, 0.3) is 11.1 Å². The van der Waals surface area contributed by atoms with E-state index in [0.717, 1.165) is 55.6 Å². The Kier molecular flexibility index (Phi) is 5.60. The molecule has 0 aliphatic carbocycles. The van der Waals surface area contributed by atoms with E-state index in [1.807, 2.05) is 47.4 Å². The van der Waals surface area contributed by atoms with Gasteiger partial charge in [-0.3, -0.25) is 4.79 Å². The van der Waals surface area contributed by atoms with Crippen LogP contribution in [-0.2, 0) is 4.79 Å². The van der Waals surface area contributed by atoms with Gasteiger partial charge in [-0.05, 0) is 48.9 Å². The number of nitrogens with zero attached hydrogens (tertiary/aromatic N) is 2. The van der Waals surface area contributed by atoms with Crippen molar-refractivity contribution in [3.8, 4) is 11.1 Å². The summed E-state index contributed by atoms with van der Waals surface area (Å²) in [6.07, 6.45) is 3.96. The van der Waals surface area contributed by atoms with Crippen LogP contribution in [0, 0.1) is 5.92 Å². The predicted molar refractivity (Wildman–Crippen MR) is 111 cm³/mol. The molecule has 2 heterocycles. The molecular formula is C23H27N3O2. The van der Waals surface area contributed by atoms with Gasteiger partial charge in [0.2, 0.25) is 5.91 Å². The molecule has 2 aliphatic heterocycles. The second-order valence-corrected chi connectivity index (χ2v) is 7.69. The van der Waals surface area contributed by atoms with Crippen molar-refractivity contribution >= 4 is 17.6 Å². The number of amides is 3. The summed E-state index contributed by atoms with van der Waals surface area (Å²) < 4.78 is 0. The van der Waals surface area contributed by atoms with Crippen molar-refractivity contribution in [2.24, 2.45) is 5.92 Å². The van der Waals surface area contributed by atoms with Gasteiger partial charge in [-0.25, -0.2) is 4.79 Å². The molecule has 4 rings (SSSR count). The van der Waals surface area contributed by atoms with E-state index in [1.54, 1.807) is 4.90 Å². The lowest BCUT2D eigenvalue weighted by Crippen LogP contribution is -2.47. The van der Waals surface area contributed by atoms with Gasteiger partial charge in [-0.15, -0.1) is 0 Å². The number of likely N-dealkylation sites (tertiary alicyclic amines) is 2. The maximum absolute atomic E-state index is 12.7. The van der Waals surface area contributed by atoms with E-state index in [9.17, 15) is 9.59 Å². The summed E-state index contributed by atoms with van der Waals surface area (Å²) in [5, 5.41) is 2.98. The Hall–Kier alpha value is -2.82. The average molecular weight is 377 g/mol.